The van der Waals surface area contributed by atoms with Gasteiger partial charge in [-0.2, -0.15) is 0 Å². The number of Topliss-reactive ketones (excluding diaryl/α,β-unsaturated/α-hetero) is 2. The minimum absolute atomic E-state index is 0.0299. The van der Waals surface area contributed by atoms with Gasteiger partial charge in [0.25, 0.3) is 0 Å². The van der Waals surface area contributed by atoms with Crippen molar-refractivity contribution >= 4 is 17.5 Å². The Morgan fingerprint density at radius 3 is 2.44 bits per heavy atom. The third-order valence-electron chi connectivity index (χ3n) is 5.92. The summed E-state index contributed by atoms with van der Waals surface area (Å²) in [6.07, 6.45) is 4.30. The Morgan fingerprint density at radius 1 is 1.09 bits per heavy atom. The molecule has 1 aromatic carbocycles. The molecular weight excluding hydrogens is 404 g/mol. The molecule has 0 heterocycles. The van der Waals surface area contributed by atoms with Crippen LogP contribution in [0.1, 0.15) is 57.1 Å². The Morgan fingerprint density at radius 2 is 1.78 bits per heavy atom. The number of rotatable bonds is 13. The summed E-state index contributed by atoms with van der Waals surface area (Å²) in [6, 6.07) is 7.73. The maximum Gasteiger partial charge on any atom is 0.248 e. The van der Waals surface area contributed by atoms with E-state index in [0.29, 0.717) is 38.3 Å². The van der Waals surface area contributed by atoms with Crippen LogP contribution in [0.15, 0.2) is 24.3 Å². The van der Waals surface area contributed by atoms with E-state index in [1.165, 1.54) is 0 Å². The number of carbonyl (C=O) groups is 3. The molecule has 1 amide bonds. The van der Waals surface area contributed by atoms with Crippen molar-refractivity contribution in [1.29, 1.82) is 0 Å². The first kappa shape index (κ1) is 26.2. The van der Waals surface area contributed by atoms with Crippen molar-refractivity contribution in [1.82, 2.24) is 9.80 Å². The standard InChI is InChI=1S/C26H40N2O4/c1-20(2)17-27(3)14-7-15-32-19-26(31)28(4)18-22-12-10-21(11-13-22)16-25(30)23-8-5-6-9-24(23)29/h10-13,20,23H,5-9,14-19H2,1-4H3. The summed E-state index contributed by atoms with van der Waals surface area (Å²) in [7, 11) is 3.88. The highest BCUT2D eigenvalue weighted by atomic mass is 16.5. The number of nitrogens with zero attached hydrogens (tertiary/aromatic N) is 2. The second-order valence-corrected chi connectivity index (χ2v) is 9.54. The highest BCUT2D eigenvalue weighted by Gasteiger charge is 2.28. The van der Waals surface area contributed by atoms with E-state index < -0.39 is 5.92 Å². The molecule has 1 saturated carbocycles. The van der Waals surface area contributed by atoms with E-state index in [1.807, 2.05) is 24.3 Å². The van der Waals surface area contributed by atoms with E-state index in [4.69, 9.17) is 4.74 Å². The van der Waals surface area contributed by atoms with E-state index in [9.17, 15) is 14.4 Å². The van der Waals surface area contributed by atoms with Crippen LogP contribution in [0.25, 0.3) is 0 Å². The summed E-state index contributed by atoms with van der Waals surface area (Å²) in [6.45, 7) is 7.59. The van der Waals surface area contributed by atoms with Crippen molar-refractivity contribution in [2.45, 2.75) is 58.9 Å². The molecule has 0 bridgehead atoms. The second kappa shape index (κ2) is 13.5. The van der Waals surface area contributed by atoms with Crippen LogP contribution in [0, 0.1) is 11.8 Å². The molecule has 178 valence electrons. The topological polar surface area (TPSA) is 66.9 Å². The third kappa shape index (κ3) is 9.21. The fourth-order valence-electron chi connectivity index (χ4n) is 4.19. The van der Waals surface area contributed by atoms with E-state index in [-0.39, 0.29) is 24.1 Å². The normalized spacial score (nSPS) is 16.6. The van der Waals surface area contributed by atoms with Crippen LogP contribution in [-0.4, -0.2) is 67.7 Å². The van der Waals surface area contributed by atoms with Crippen molar-refractivity contribution in [2.75, 3.05) is 40.4 Å². The molecule has 1 unspecified atom stereocenters. The zero-order valence-corrected chi connectivity index (χ0v) is 20.3. The summed E-state index contributed by atoms with van der Waals surface area (Å²) in [5.41, 5.74) is 1.91. The van der Waals surface area contributed by atoms with Crippen LogP contribution in [0.4, 0.5) is 0 Å². The summed E-state index contributed by atoms with van der Waals surface area (Å²) >= 11 is 0. The fourth-order valence-corrected chi connectivity index (χ4v) is 4.19. The van der Waals surface area contributed by atoms with Gasteiger partial charge in [-0.05, 0) is 43.4 Å². The van der Waals surface area contributed by atoms with Crippen LogP contribution >= 0.6 is 0 Å². The third-order valence-corrected chi connectivity index (χ3v) is 5.92. The van der Waals surface area contributed by atoms with E-state index in [0.717, 1.165) is 43.5 Å². The molecule has 1 aromatic rings. The van der Waals surface area contributed by atoms with Crippen molar-refractivity contribution < 1.29 is 19.1 Å². The van der Waals surface area contributed by atoms with Crippen LogP contribution in [0.5, 0.6) is 0 Å². The maximum atomic E-state index is 12.5. The van der Waals surface area contributed by atoms with Crippen LogP contribution in [0.2, 0.25) is 0 Å². The van der Waals surface area contributed by atoms with Gasteiger partial charge in [0.05, 0.1) is 5.92 Å². The monoisotopic (exact) mass is 444 g/mol. The number of likely N-dealkylation sites (N-methyl/N-ethyl adjacent to an activating group) is 1. The first-order chi connectivity index (χ1) is 15.3. The molecule has 1 aliphatic rings. The van der Waals surface area contributed by atoms with Crippen LogP contribution in [-0.2, 0) is 32.1 Å². The number of hydrogen-bond acceptors (Lipinski definition) is 5. The molecule has 6 nitrogen and oxygen atoms in total. The number of ether oxygens (including phenoxy) is 1. The summed E-state index contributed by atoms with van der Waals surface area (Å²) < 4.78 is 5.56. The van der Waals surface area contributed by atoms with Gasteiger partial charge in [-0.15, -0.1) is 0 Å². The largest absolute Gasteiger partial charge is 0.372 e. The van der Waals surface area contributed by atoms with Gasteiger partial charge in [0, 0.05) is 46.1 Å². The molecule has 2 rings (SSSR count). The first-order valence-electron chi connectivity index (χ1n) is 11.9. The molecule has 0 saturated heterocycles. The molecule has 1 aliphatic carbocycles. The van der Waals surface area contributed by atoms with E-state index in [1.54, 1.807) is 11.9 Å². The Balaban J connectivity index is 1.69. The minimum Gasteiger partial charge on any atom is -0.372 e. The summed E-state index contributed by atoms with van der Waals surface area (Å²) in [5.74, 6) is 0.315. The lowest BCUT2D eigenvalue weighted by molar-refractivity contribution is -0.135. The van der Waals surface area contributed by atoms with E-state index in [2.05, 4.69) is 25.8 Å². The number of amides is 1. The molecule has 1 fully saturated rings. The van der Waals surface area contributed by atoms with Gasteiger partial charge in [-0.25, -0.2) is 0 Å². The SMILES string of the molecule is CC(C)CN(C)CCCOCC(=O)N(C)Cc1ccc(CC(=O)C2CCCCC2=O)cc1. The molecule has 0 aliphatic heterocycles. The van der Waals surface area contributed by atoms with Crippen molar-refractivity contribution in [3.8, 4) is 0 Å². The summed E-state index contributed by atoms with van der Waals surface area (Å²) in [4.78, 5) is 40.7. The van der Waals surface area contributed by atoms with Gasteiger partial charge >= 0.3 is 0 Å². The molecular formula is C26H40N2O4. The van der Waals surface area contributed by atoms with Gasteiger partial charge in [0.2, 0.25) is 5.91 Å². The van der Waals surface area contributed by atoms with Crippen molar-refractivity contribution in [2.24, 2.45) is 11.8 Å². The van der Waals surface area contributed by atoms with Crippen molar-refractivity contribution in [3.63, 3.8) is 0 Å². The second-order valence-electron chi connectivity index (χ2n) is 9.54. The lowest BCUT2D eigenvalue weighted by Crippen LogP contribution is -2.30. The van der Waals surface area contributed by atoms with Crippen molar-refractivity contribution in [3.05, 3.63) is 35.4 Å². The predicted molar refractivity (Wildman–Crippen MR) is 126 cm³/mol. The van der Waals surface area contributed by atoms with Gasteiger partial charge in [-0.3, -0.25) is 14.4 Å². The Hall–Kier alpha value is -2.05. The first-order valence-corrected chi connectivity index (χ1v) is 11.9. The zero-order chi connectivity index (χ0) is 23.5. The number of hydrogen-bond donors (Lipinski definition) is 0. The highest BCUT2D eigenvalue weighted by molar-refractivity contribution is 6.03. The Labute approximate surface area is 193 Å². The van der Waals surface area contributed by atoms with Crippen LogP contribution < -0.4 is 0 Å². The lowest BCUT2D eigenvalue weighted by atomic mass is 9.83. The maximum absolute atomic E-state index is 12.5. The molecule has 0 radical (unpaired) electrons. The Kier molecular flexibility index (Phi) is 11.0. The number of ketones is 2. The number of carbonyl (C=O) groups excluding carboxylic acids is 3. The highest BCUT2D eigenvalue weighted by Crippen LogP contribution is 2.23. The minimum atomic E-state index is -0.414. The average molecular weight is 445 g/mol. The zero-order valence-electron chi connectivity index (χ0n) is 20.3. The van der Waals surface area contributed by atoms with Gasteiger partial charge in [-0.1, -0.05) is 44.5 Å². The Bertz CT molecular complexity index is 745. The van der Waals surface area contributed by atoms with E-state index >= 15 is 0 Å². The quantitative estimate of drug-likeness (QED) is 0.344. The lowest BCUT2D eigenvalue weighted by Gasteiger charge is -2.20. The molecule has 1 atom stereocenters. The molecule has 0 aromatic heterocycles. The average Bonchev–Trinajstić information content (AvgIpc) is 2.74. The van der Waals surface area contributed by atoms with Crippen LogP contribution in [0.3, 0.4) is 0 Å². The van der Waals surface area contributed by atoms with Gasteiger partial charge in [0.1, 0.15) is 18.2 Å². The predicted octanol–water partition coefficient (Wildman–Crippen LogP) is 3.51. The molecule has 0 N–H and O–H groups in total. The number of benzene rings is 1. The molecule has 32 heavy (non-hydrogen) atoms. The van der Waals surface area contributed by atoms with Gasteiger partial charge < -0.3 is 14.5 Å². The smallest absolute Gasteiger partial charge is 0.248 e. The molecule has 6 heteroatoms. The molecule has 0 spiro atoms. The fraction of sp³-hybridized carbons (Fsp3) is 0.654. The summed E-state index contributed by atoms with van der Waals surface area (Å²) in [5, 5.41) is 0. The van der Waals surface area contributed by atoms with Gasteiger partial charge in [0.15, 0.2) is 0 Å².